The standard InChI is InChI=1S/C12H19N3O3/c1-4-5-9(12(16)17)14-10-6-13-7-11(15-10)18-8(2)3/h6-9H,4-5H2,1-3H3,(H,14,15)(H,16,17). The van der Waals surface area contributed by atoms with Crippen molar-refractivity contribution in [3.8, 4) is 5.88 Å². The molecule has 1 rings (SSSR count). The molecule has 0 aliphatic heterocycles. The Kier molecular flexibility index (Phi) is 5.35. The summed E-state index contributed by atoms with van der Waals surface area (Å²) < 4.78 is 5.40. The van der Waals surface area contributed by atoms with Crippen LogP contribution in [-0.2, 0) is 4.79 Å². The number of nitrogens with one attached hydrogen (secondary N) is 1. The molecule has 6 nitrogen and oxygen atoms in total. The van der Waals surface area contributed by atoms with E-state index in [-0.39, 0.29) is 6.10 Å². The second-order valence-electron chi connectivity index (χ2n) is 4.23. The molecule has 18 heavy (non-hydrogen) atoms. The summed E-state index contributed by atoms with van der Waals surface area (Å²) in [6, 6.07) is -0.654. The Bertz CT molecular complexity index is 396. The lowest BCUT2D eigenvalue weighted by Gasteiger charge is -2.15. The molecule has 0 spiro atoms. The van der Waals surface area contributed by atoms with E-state index < -0.39 is 12.0 Å². The van der Waals surface area contributed by atoms with Crippen molar-refractivity contribution in [2.75, 3.05) is 5.32 Å². The smallest absolute Gasteiger partial charge is 0.326 e. The van der Waals surface area contributed by atoms with Crippen molar-refractivity contribution in [2.45, 2.75) is 45.8 Å². The molecule has 1 aromatic rings. The van der Waals surface area contributed by atoms with Crippen molar-refractivity contribution in [1.29, 1.82) is 0 Å². The van der Waals surface area contributed by atoms with Crippen LogP contribution in [0.5, 0.6) is 5.88 Å². The van der Waals surface area contributed by atoms with Crippen LogP contribution in [-0.4, -0.2) is 33.2 Å². The highest BCUT2D eigenvalue weighted by Gasteiger charge is 2.16. The number of rotatable bonds is 7. The topological polar surface area (TPSA) is 84.3 Å². The van der Waals surface area contributed by atoms with Gasteiger partial charge in [-0.3, -0.25) is 4.98 Å². The van der Waals surface area contributed by atoms with Gasteiger partial charge in [0.1, 0.15) is 11.9 Å². The fraction of sp³-hybridized carbons (Fsp3) is 0.583. The van der Waals surface area contributed by atoms with E-state index in [1.54, 1.807) is 0 Å². The van der Waals surface area contributed by atoms with Gasteiger partial charge in [-0.2, -0.15) is 4.98 Å². The first-order chi connectivity index (χ1) is 8.52. The van der Waals surface area contributed by atoms with E-state index in [1.807, 2.05) is 20.8 Å². The highest BCUT2D eigenvalue weighted by molar-refractivity contribution is 5.76. The molecule has 0 amide bonds. The molecule has 1 atom stereocenters. The number of nitrogens with zero attached hydrogens (tertiary/aromatic N) is 2. The van der Waals surface area contributed by atoms with Crippen LogP contribution in [0.2, 0.25) is 0 Å². The summed E-state index contributed by atoms with van der Waals surface area (Å²) in [6.45, 7) is 5.71. The number of ether oxygens (including phenoxy) is 1. The fourth-order valence-electron chi connectivity index (χ4n) is 1.44. The monoisotopic (exact) mass is 253 g/mol. The molecule has 0 bridgehead atoms. The van der Waals surface area contributed by atoms with E-state index >= 15 is 0 Å². The highest BCUT2D eigenvalue weighted by atomic mass is 16.5. The van der Waals surface area contributed by atoms with Gasteiger partial charge in [0.25, 0.3) is 0 Å². The van der Waals surface area contributed by atoms with Gasteiger partial charge in [-0.15, -0.1) is 0 Å². The maximum absolute atomic E-state index is 11.0. The van der Waals surface area contributed by atoms with E-state index in [9.17, 15) is 4.79 Å². The average Bonchev–Trinajstić information content (AvgIpc) is 2.28. The van der Waals surface area contributed by atoms with Crippen LogP contribution in [0.1, 0.15) is 33.6 Å². The maximum atomic E-state index is 11.0. The molecule has 6 heteroatoms. The number of aromatic nitrogens is 2. The summed E-state index contributed by atoms with van der Waals surface area (Å²) in [5.74, 6) is -0.0986. The second-order valence-corrected chi connectivity index (χ2v) is 4.23. The van der Waals surface area contributed by atoms with E-state index in [4.69, 9.17) is 9.84 Å². The zero-order chi connectivity index (χ0) is 13.5. The Morgan fingerprint density at radius 2 is 2.22 bits per heavy atom. The zero-order valence-corrected chi connectivity index (χ0v) is 10.9. The van der Waals surface area contributed by atoms with Gasteiger partial charge in [0.05, 0.1) is 18.5 Å². The predicted octanol–water partition coefficient (Wildman–Crippen LogP) is 1.93. The molecule has 0 aliphatic carbocycles. The molecule has 1 unspecified atom stereocenters. The summed E-state index contributed by atoms with van der Waals surface area (Å²) >= 11 is 0. The zero-order valence-electron chi connectivity index (χ0n) is 10.9. The number of anilines is 1. The molecule has 0 saturated carbocycles. The quantitative estimate of drug-likeness (QED) is 0.772. The number of carboxylic acids is 1. The van der Waals surface area contributed by atoms with Crippen molar-refractivity contribution in [3.63, 3.8) is 0 Å². The lowest BCUT2D eigenvalue weighted by molar-refractivity contribution is -0.138. The third kappa shape index (κ3) is 4.57. The lowest BCUT2D eigenvalue weighted by atomic mass is 10.2. The minimum Gasteiger partial charge on any atom is -0.480 e. The van der Waals surface area contributed by atoms with E-state index in [2.05, 4.69) is 15.3 Å². The molecule has 0 aliphatic rings. The Balaban J connectivity index is 2.73. The molecule has 1 heterocycles. The minimum atomic E-state index is -0.895. The van der Waals surface area contributed by atoms with Crippen molar-refractivity contribution < 1.29 is 14.6 Å². The first-order valence-electron chi connectivity index (χ1n) is 6.01. The van der Waals surface area contributed by atoms with E-state index in [0.29, 0.717) is 18.1 Å². The molecule has 100 valence electrons. The van der Waals surface area contributed by atoms with Crippen LogP contribution in [0, 0.1) is 0 Å². The second kappa shape index (κ2) is 6.78. The minimum absolute atomic E-state index is 0.000428. The van der Waals surface area contributed by atoms with Crippen molar-refractivity contribution in [1.82, 2.24) is 9.97 Å². The lowest BCUT2D eigenvalue weighted by Crippen LogP contribution is -2.29. The summed E-state index contributed by atoms with van der Waals surface area (Å²) in [4.78, 5) is 19.1. The van der Waals surface area contributed by atoms with Crippen LogP contribution in [0.25, 0.3) is 0 Å². The van der Waals surface area contributed by atoms with E-state index in [1.165, 1.54) is 12.4 Å². The van der Waals surface area contributed by atoms with E-state index in [0.717, 1.165) is 6.42 Å². The van der Waals surface area contributed by atoms with Crippen molar-refractivity contribution >= 4 is 11.8 Å². The average molecular weight is 253 g/mol. The Morgan fingerprint density at radius 1 is 1.50 bits per heavy atom. The maximum Gasteiger partial charge on any atom is 0.326 e. The molecule has 2 N–H and O–H groups in total. The van der Waals surface area contributed by atoms with Gasteiger partial charge in [0, 0.05) is 0 Å². The van der Waals surface area contributed by atoms with Crippen molar-refractivity contribution in [2.24, 2.45) is 0 Å². The number of aliphatic carboxylic acids is 1. The van der Waals surface area contributed by atoms with Gasteiger partial charge in [-0.05, 0) is 20.3 Å². The Hall–Kier alpha value is -1.85. The first kappa shape index (κ1) is 14.2. The molecule has 0 fully saturated rings. The molecule has 0 saturated heterocycles. The number of hydrogen-bond donors (Lipinski definition) is 2. The predicted molar refractivity (Wildman–Crippen MR) is 67.8 cm³/mol. The van der Waals surface area contributed by atoms with Gasteiger partial charge in [0.15, 0.2) is 0 Å². The van der Waals surface area contributed by atoms with Crippen molar-refractivity contribution in [3.05, 3.63) is 12.4 Å². The summed E-state index contributed by atoms with van der Waals surface area (Å²) in [7, 11) is 0. The van der Waals surface area contributed by atoms with Crippen LogP contribution in [0.3, 0.4) is 0 Å². The van der Waals surface area contributed by atoms with Crippen LogP contribution < -0.4 is 10.1 Å². The third-order valence-corrected chi connectivity index (χ3v) is 2.17. The highest BCUT2D eigenvalue weighted by Crippen LogP contribution is 2.13. The van der Waals surface area contributed by atoms with Crippen LogP contribution >= 0.6 is 0 Å². The Morgan fingerprint density at radius 3 is 2.78 bits per heavy atom. The van der Waals surface area contributed by atoms with Crippen LogP contribution in [0.15, 0.2) is 12.4 Å². The van der Waals surface area contributed by atoms with Gasteiger partial charge in [-0.25, -0.2) is 4.79 Å². The fourth-order valence-corrected chi connectivity index (χ4v) is 1.44. The Labute approximate surface area is 106 Å². The number of carboxylic acid groups (broad SMARTS) is 1. The molecule has 0 aromatic carbocycles. The van der Waals surface area contributed by atoms with Crippen LogP contribution in [0.4, 0.5) is 5.82 Å². The number of carbonyl (C=O) groups is 1. The largest absolute Gasteiger partial charge is 0.480 e. The first-order valence-corrected chi connectivity index (χ1v) is 6.01. The molecular formula is C12H19N3O3. The number of hydrogen-bond acceptors (Lipinski definition) is 5. The summed E-state index contributed by atoms with van der Waals surface area (Å²) in [5, 5.41) is 11.9. The van der Waals surface area contributed by atoms with Gasteiger partial charge < -0.3 is 15.2 Å². The molecular weight excluding hydrogens is 234 g/mol. The van der Waals surface area contributed by atoms with Gasteiger partial charge in [0.2, 0.25) is 5.88 Å². The summed E-state index contributed by atoms with van der Waals surface area (Å²) in [6.07, 6.45) is 4.30. The normalized spacial score (nSPS) is 12.2. The molecule has 0 radical (unpaired) electrons. The summed E-state index contributed by atoms with van der Waals surface area (Å²) in [5.41, 5.74) is 0. The third-order valence-electron chi connectivity index (χ3n) is 2.17. The van der Waals surface area contributed by atoms with Gasteiger partial charge in [-0.1, -0.05) is 13.3 Å². The molecule has 1 aromatic heterocycles. The SMILES string of the molecule is CCCC(Nc1cncc(OC(C)C)n1)C(=O)O. The van der Waals surface area contributed by atoms with Gasteiger partial charge >= 0.3 is 5.97 Å².